The highest BCUT2D eigenvalue weighted by atomic mass is 16.5. The van der Waals surface area contributed by atoms with Crippen molar-refractivity contribution in [1.29, 1.82) is 0 Å². The molecule has 0 saturated carbocycles. The highest BCUT2D eigenvalue weighted by Gasteiger charge is 2.34. The molecule has 1 aliphatic rings. The SMILES string of the molecule is C[C@@H]1CN([C@H](C)CO)C(=O)c2cc(-c3cncnc3)cnc2O[C@@H]1CN(C)Cc1cncnc1. The summed E-state index contributed by atoms with van der Waals surface area (Å²) in [6.45, 7) is 5.48. The lowest BCUT2D eigenvalue weighted by Gasteiger charge is -2.37. The number of ether oxygens (including phenoxy) is 1. The molecule has 4 heterocycles. The standard InChI is InChI=1S/C24H29N7O3/c1-16-10-31(17(2)13-32)24(33)21-4-19(20-7-27-15-28-8-20)9-29-23(21)34-22(16)12-30(3)11-18-5-25-14-26-6-18/h4-9,14-17,22,32H,10-13H2,1-3H3/t16-,17-,22-/m1/s1. The van der Waals surface area contributed by atoms with E-state index in [1.54, 1.807) is 42.0 Å². The van der Waals surface area contributed by atoms with Gasteiger partial charge in [-0.2, -0.15) is 0 Å². The average molecular weight is 464 g/mol. The highest BCUT2D eigenvalue weighted by molar-refractivity contribution is 5.98. The Kier molecular flexibility index (Phi) is 7.39. The maximum Gasteiger partial charge on any atom is 0.259 e. The number of fused-ring (bicyclic) bond motifs is 1. The Morgan fingerprint density at radius 2 is 1.79 bits per heavy atom. The summed E-state index contributed by atoms with van der Waals surface area (Å²) in [6.07, 6.45) is 11.3. The molecule has 0 bridgehead atoms. The molecule has 4 rings (SSSR count). The number of rotatable bonds is 7. The molecule has 10 nitrogen and oxygen atoms in total. The molecule has 0 fully saturated rings. The van der Waals surface area contributed by atoms with Crippen molar-refractivity contribution >= 4 is 5.91 Å². The van der Waals surface area contributed by atoms with Gasteiger partial charge in [-0.05, 0) is 20.0 Å². The van der Waals surface area contributed by atoms with Gasteiger partial charge in [-0.25, -0.2) is 24.9 Å². The number of aliphatic hydroxyl groups is 1. The highest BCUT2D eigenvalue weighted by Crippen LogP contribution is 2.30. The molecule has 10 heteroatoms. The van der Waals surface area contributed by atoms with Gasteiger partial charge in [0.25, 0.3) is 5.91 Å². The van der Waals surface area contributed by atoms with Crippen LogP contribution in [0.15, 0.2) is 49.7 Å². The quantitative estimate of drug-likeness (QED) is 0.558. The summed E-state index contributed by atoms with van der Waals surface area (Å²) in [5.41, 5.74) is 2.84. The van der Waals surface area contributed by atoms with Crippen LogP contribution in [-0.2, 0) is 6.54 Å². The first-order valence-corrected chi connectivity index (χ1v) is 11.2. The summed E-state index contributed by atoms with van der Waals surface area (Å²) in [5, 5.41) is 9.83. The number of aromatic nitrogens is 5. The second-order valence-corrected chi connectivity index (χ2v) is 8.77. The largest absolute Gasteiger partial charge is 0.472 e. The zero-order valence-corrected chi connectivity index (χ0v) is 19.6. The molecule has 1 aliphatic heterocycles. The van der Waals surface area contributed by atoms with Crippen molar-refractivity contribution in [2.75, 3.05) is 26.7 Å². The van der Waals surface area contributed by atoms with Crippen LogP contribution in [0.5, 0.6) is 5.88 Å². The van der Waals surface area contributed by atoms with Crippen LogP contribution in [0.25, 0.3) is 11.1 Å². The van der Waals surface area contributed by atoms with E-state index in [0.29, 0.717) is 25.2 Å². The maximum absolute atomic E-state index is 13.5. The summed E-state index contributed by atoms with van der Waals surface area (Å²) >= 11 is 0. The molecule has 0 unspecified atom stereocenters. The fraction of sp³-hybridized carbons (Fsp3) is 0.417. The van der Waals surface area contributed by atoms with Crippen LogP contribution >= 0.6 is 0 Å². The predicted octanol–water partition coefficient (Wildman–Crippen LogP) is 1.68. The Labute approximate surface area is 198 Å². The third-order valence-electron chi connectivity index (χ3n) is 5.97. The van der Waals surface area contributed by atoms with E-state index in [9.17, 15) is 9.90 Å². The van der Waals surface area contributed by atoms with Gasteiger partial charge in [-0.15, -0.1) is 0 Å². The molecule has 178 valence electrons. The van der Waals surface area contributed by atoms with Gasteiger partial charge < -0.3 is 14.7 Å². The first-order valence-electron chi connectivity index (χ1n) is 11.2. The second-order valence-electron chi connectivity index (χ2n) is 8.77. The van der Waals surface area contributed by atoms with Crippen LogP contribution in [0, 0.1) is 5.92 Å². The molecular weight excluding hydrogens is 434 g/mol. The molecule has 3 aromatic heterocycles. The lowest BCUT2D eigenvalue weighted by Crippen LogP contribution is -2.49. The number of nitrogens with zero attached hydrogens (tertiary/aromatic N) is 7. The predicted molar refractivity (Wildman–Crippen MR) is 125 cm³/mol. The normalized spacial score (nSPS) is 19.2. The van der Waals surface area contributed by atoms with Gasteiger partial charge >= 0.3 is 0 Å². The molecular formula is C24H29N7O3. The molecule has 0 aromatic carbocycles. The van der Waals surface area contributed by atoms with Gasteiger partial charge in [0.05, 0.1) is 12.6 Å². The Morgan fingerprint density at radius 1 is 1.12 bits per heavy atom. The fourth-order valence-corrected chi connectivity index (χ4v) is 4.02. The monoisotopic (exact) mass is 463 g/mol. The molecule has 1 N–H and O–H groups in total. The van der Waals surface area contributed by atoms with Gasteiger partial charge in [-0.1, -0.05) is 6.92 Å². The van der Waals surface area contributed by atoms with E-state index in [2.05, 4.69) is 36.7 Å². The van der Waals surface area contributed by atoms with E-state index in [1.807, 2.05) is 14.0 Å². The number of hydrogen-bond acceptors (Lipinski definition) is 9. The van der Waals surface area contributed by atoms with Gasteiger partial charge in [-0.3, -0.25) is 9.69 Å². The topological polar surface area (TPSA) is 117 Å². The van der Waals surface area contributed by atoms with Crippen LogP contribution in [0.2, 0.25) is 0 Å². The maximum atomic E-state index is 13.5. The van der Waals surface area contributed by atoms with Gasteiger partial charge in [0.2, 0.25) is 5.88 Å². The van der Waals surface area contributed by atoms with Crippen molar-refractivity contribution in [3.8, 4) is 17.0 Å². The Morgan fingerprint density at radius 3 is 2.47 bits per heavy atom. The van der Waals surface area contributed by atoms with Crippen molar-refractivity contribution in [2.45, 2.75) is 32.5 Å². The Balaban J connectivity index is 1.65. The molecule has 3 aromatic rings. The van der Waals surface area contributed by atoms with Crippen molar-refractivity contribution in [1.82, 2.24) is 34.7 Å². The van der Waals surface area contributed by atoms with Crippen LogP contribution < -0.4 is 4.74 Å². The zero-order valence-electron chi connectivity index (χ0n) is 19.6. The van der Waals surface area contributed by atoms with E-state index in [-0.39, 0.29) is 36.5 Å². The summed E-state index contributed by atoms with van der Waals surface area (Å²) in [7, 11) is 2.01. The van der Waals surface area contributed by atoms with E-state index in [4.69, 9.17) is 4.74 Å². The summed E-state index contributed by atoms with van der Waals surface area (Å²) < 4.78 is 6.36. The molecule has 0 radical (unpaired) electrons. The second kappa shape index (κ2) is 10.6. The van der Waals surface area contributed by atoms with Crippen molar-refractivity contribution in [3.05, 3.63) is 60.8 Å². The number of carbonyl (C=O) groups excluding carboxylic acids is 1. The van der Waals surface area contributed by atoms with E-state index < -0.39 is 0 Å². The molecule has 34 heavy (non-hydrogen) atoms. The summed E-state index contributed by atoms with van der Waals surface area (Å²) in [4.78, 5) is 38.2. The average Bonchev–Trinajstić information content (AvgIpc) is 2.86. The van der Waals surface area contributed by atoms with Crippen LogP contribution in [0.1, 0.15) is 29.8 Å². The first kappa shape index (κ1) is 23.7. The minimum Gasteiger partial charge on any atom is -0.472 e. The van der Waals surface area contributed by atoms with Crippen LogP contribution in [-0.4, -0.2) is 84.6 Å². The van der Waals surface area contributed by atoms with Gasteiger partial charge in [0.1, 0.15) is 24.3 Å². The zero-order chi connectivity index (χ0) is 24.1. The number of hydrogen-bond donors (Lipinski definition) is 1. The number of pyridine rings is 1. The summed E-state index contributed by atoms with van der Waals surface area (Å²) in [5.74, 6) is 0.0705. The number of aliphatic hydroxyl groups excluding tert-OH is 1. The Hall–Kier alpha value is -3.50. The fourth-order valence-electron chi connectivity index (χ4n) is 4.02. The molecule has 3 atom stereocenters. The van der Waals surface area contributed by atoms with E-state index in [1.165, 1.54) is 12.7 Å². The minimum atomic E-state index is -0.343. The molecule has 0 spiro atoms. The van der Waals surface area contributed by atoms with E-state index >= 15 is 0 Å². The smallest absolute Gasteiger partial charge is 0.259 e. The minimum absolute atomic E-state index is 0.00423. The van der Waals surface area contributed by atoms with Crippen LogP contribution in [0.3, 0.4) is 0 Å². The Bertz CT molecular complexity index is 1100. The molecule has 0 saturated heterocycles. The number of likely N-dealkylation sites (N-methyl/N-ethyl adjacent to an activating group) is 1. The van der Waals surface area contributed by atoms with Crippen LogP contribution in [0.4, 0.5) is 0 Å². The first-order chi connectivity index (χ1) is 16.5. The number of amides is 1. The molecule has 1 amide bonds. The van der Waals surface area contributed by atoms with Crippen molar-refractivity contribution in [3.63, 3.8) is 0 Å². The van der Waals surface area contributed by atoms with E-state index in [0.717, 1.165) is 16.7 Å². The third kappa shape index (κ3) is 5.35. The van der Waals surface area contributed by atoms with Gasteiger partial charge in [0, 0.05) is 73.2 Å². The molecule has 0 aliphatic carbocycles. The van der Waals surface area contributed by atoms with Crippen molar-refractivity contribution < 1.29 is 14.6 Å². The van der Waals surface area contributed by atoms with Gasteiger partial charge in [0.15, 0.2) is 0 Å². The number of carbonyl (C=O) groups is 1. The third-order valence-corrected chi connectivity index (χ3v) is 5.97. The lowest BCUT2D eigenvalue weighted by atomic mass is 9.99. The summed E-state index contributed by atoms with van der Waals surface area (Å²) in [6, 6.07) is 1.42. The lowest BCUT2D eigenvalue weighted by molar-refractivity contribution is 0.0325. The van der Waals surface area contributed by atoms with Crippen molar-refractivity contribution in [2.24, 2.45) is 5.92 Å².